The molecule has 362 valence electrons. The molecule has 0 amide bonds. The summed E-state index contributed by atoms with van der Waals surface area (Å²) in [6.07, 6.45) is -15.6. The zero-order valence-corrected chi connectivity index (χ0v) is 38.0. The average Bonchev–Trinajstić information content (AvgIpc) is 3.29. The molecule has 6 aromatic carbocycles. The zero-order valence-electron chi connectivity index (χ0n) is 37.2. The Bertz CT molecular complexity index is 2350. The number of unbranched alkanes of at least 4 members (excludes halogenated alkanes) is 2. The van der Waals surface area contributed by atoms with Crippen LogP contribution in [0.4, 0.5) is 58.4 Å². The van der Waals surface area contributed by atoms with Crippen LogP contribution in [0.3, 0.4) is 0 Å². The molecule has 0 aliphatic carbocycles. The topological polar surface area (TPSA) is 37.4 Å². The van der Waals surface area contributed by atoms with E-state index in [1.807, 2.05) is 30.3 Å². The van der Waals surface area contributed by atoms with Crippen molar-refractivity contribution in [2.45, 2.75) is 69.1 Å². The standard InChI is InChI=1S/C28H16BF12.C23H32NO2S/c30-25(31,32)17-1-9-21(10-2-17)29(22-11-3-18(4-12-22)26(33,34)35,23-13-5-19(6-14-23)27(36,37)38)24-15-7-20(8-16-24)28(39,40)41;1-4-6-17-24(18-7-5-2)21-13-15-22(16-14-21)27(3,26)19-23(25)20-11-9-8-10-12-20/h1-16H;8-16H,4-7,17-19H2,1-3H3/q-1;+1. The number of carbonyl (C=O) groups is 1. The minimum absolute atomic E-state index is 0.0114. The molecule has 0 aliphatic heterocycles. The van der Waals surface area contributed by atoms with Gasteiger partial charge in [-0.2, -0.15) is 74.5 Å². The van der Waals surface area contributed by atoms with E-state index in [0.717, 1.165) is 66.5 Å². The smallest absolute Gasteiger partial charge is 0.372 e. The third-order valence-corrected chi connectivity index (χ3v) is 13.8. The summed E-state index contributed by atoms with van der Waals surface area (Å²) in [7, 11) is -2.40. The van der Waals surface area contributed by atoms with Gasteiger partial charge in [-0.25, -0.2) is 0 Å². The second-order valence-electron chi connectivity index (χ2n) is 16.5. The summed E-state index contributed by atoms with van der Waals surface area (Å²) in [5.41, 5.74) is -2.50. The van der Waals surface area contributed by atoms with Crippen molar-refractivity contribution in [3.05, 3.63) is 179 Å². The molecule has 0 N–H and O–H groups in total. The van der Waals surface area contributed by atoms with Gasteiger partial charge < -0.3 is 4.90 Å². The van der Waals surface area contributed by atoms with Crippen molar-refractivity contribution < 1.29 is 61.7 Å². The molecule has 6 aromatic rings. The minimum Gasteiger partial charge on any atom is -0.372 e. The number of alkyl halides is 12. The van der Waals surface area contributed by atoms with Gasteiger partial charge in [0.15, 0.2) is 10.6 Å². The van der Waals surface area contributed by atoms with Crippen LogP contribution in [0, 0.1) is 0 Å². The molecule has 0 fully saturated rings. The lowest BCUT2D eigenvalue weighted by Gasteiger charge is -2.44. The van der Waals surface area contributed by atoms with Crippen molar-refractivity contribution in [1.29, 1.82) is 0 Å². The van der Waals surface area contributed by atoms with Crippen molar-refractivity contribution in [3.63, 3.8) is 0 Å². The summed E-state index contributed by atoms with van der Waals surface area (Å²) < 4.78 is 173. The summed E-state index contributed by atoms with van der Waals surface area (Å²) in [5, 5.41) is 0. The Kier molecular flexibility index (Phi) is 16.9. The van der Waals surface area contributed by atoms with Crippen molar-refractivity contribution in [2.75, 3.05) is 30.0 Å². The second-order valence-corrected chi connectivity index (χ2v) is 19.2. The minimum atomic E-state index is -4.77. The van der Waals surface area contributed by atoms with Crippen LogP contribution < -0.4 is 26.8 Å². The maximum Gasteiger partial charge on any atom is 0.416 e. The van der Waals surface area contributed by atoms with Gasteiger partial charge in [-0.05, 0) is 37.1 Å². The summed E-state index contributed by atoms with van der Waals surface area (Å²) in [5.74, 6) is -0.0224. The normalized spacial score (nSPS) is 13.3. The predicted molar refractivity (Wildman–Crippen MR) is 246 cm³/mol. The Morgan fingerprint density at radius 3 is 1.06 bits per heavy atom. The van der Waals surface area contributed by atoms with Gasteiger partial charge in [0.05, 0.1) is 22.3 Å². The van der Waals surface area contributed by atoms with Crippen molar-refractivity contribution in [1.82, 2.24) is 0 Å². The van der Waals surface area contributed by atoms with Crippen LogP contribution >= 0.6 is 0 Å². The summed E-state index contributed by atoms with van der Waals surface area (Å²) in [4.78, 5) is 15.6. The molecule has 1 unspecified atom stereocenters. The molecule has 0 spiro atoms. The Balaban J connectivity index is 0.000000278. The first-order chi connectivity index (χ1) is 31.8. The van der Waals surface area contributed by atoms with E-state index in [0.29, 0.717) is 54.1 Å². The molecule has 17 heteroatoms. The number of rotatable bonds is 15. The van der Waals surface area contributed by atoms with E-state index in [-0.39, 0.29) is 33.4 Å². The van der Waals surface area contributed by atoms with Crippen molar-refractivity contribution >= 4 is 49.4 Å². The highest BCUT2D eigenvalue weighted by Crippen LogP contribution is 2.33. The number of anilines is 1. The molecule has 1 atom stereocenters. The molecule has 6 rings (SSSR count). The maximum absolute atomic E-state index is 13.3. The van der Waals surface area contributed by atoms with Crippen LogP contribution in [0.1, 0.15) is 72.1 Å². The highest BCUT2D eigenvalue weighted by atomic mass is 32.2. The number of halogens is 12. The number of hydrogen-bond donors (Lipinski definition) is 0. The number of hydrogen-bond acceptors (Lipinski definition) is 3. The van der Waals surface area contributed by atoms with Crippen molar-refractivity contribution in [2.24, 2.45) is 0 Å². The predicted octanol–water partition coefficient (Wildman–Crippen LogP) is 12.6. The number of Topliss-reactive ketones (excluding diaryl/α,β-unsaturated/α-hetero) is 1. The van der Waals surface area contributed by atoms with E-state index < -0.39 is 63.0 Å². The Hall–Kier alpha value is -5.84. The first-order valence-electron chi connectivity index (χ1n) is 21.6. The first kappa shape index (κ1) is 53.1. The molecule has 0 aromatic heterocycles. The number of ketones is 1. The van der Waals surface area contributed by atoms with Gasteiger partial charge >= 0.3 is 24.7 Å². The largest absolute Gasteiger partial charge is 0.416 e. The number of carbonyl (C=O) groups excluding carboxylic acids is 1. The monoisotopic (exact) mass is 977 g/mol. The summed E-state index contributed by atoms with van der Waals surface area (Å²) in [6.45, 7) is 6.50. The van der Waals surface area contributed by atoms with Crippen LogP contribution in [-0.4, -0.2) is 37.0 Å². The van der Waals surface area contributed by atoms with E-state index >= 15 is 0 Å². The van der Waals surface area contributed by atoms with E-state index in [9.17, 15) is 61.7 Å². The van der Waals surface area contributed by atoms with Gasteiger partial charge in [-0.1, -0.05) is 158 Å². The van der Waals surface area contributed by atoms with Gasteiger partial charge in [0.25, 0.3) is 0 Å². The molecule has 0 radical (unpaired) electrons. The molecule has 0 saturated heterocycles. The fourth-order valence-corrected chi connectivity index (χ4v) is 9.60. The van der Waals surface area contributed by atoms with Gasteiger partial charge in [0.1, 0.15) is 22.3 Å². The van der Waals surface area contributed by atoms with Gasteiger partial charge in [-0.3, -0.25) is 4.79 Å². The van der Waals surface area contributed by atoms with E-state index in [1.54, 1.807) is 18.4 Å². The van der Waals surface area contributed by atoms with Crippen LogP contribution in [-0.2, 0) is 38.8 Å². The molecule has 68 heavy (non-hydrogen) atoms. The molecular weight excluding hydrogens is 929 g/mol. The van der Waals surface area contributed by atoms with E-state index in [4.69, 9.17) is 0 Å². The lowest BCUT2D eigenvalue weighted by atomic mass is 9.13. The molecule has 0 bridgehead atoms. The second kappa shape index (κ2) is 21.6. The average molecular weight is 978 g/mol. The van der Waals surface area contributed by atoms with E-state index in [2.05, 4.69) is 30.9 Å². The molecule has 0 heterocycles. The fourth-order valence-electron chi connectivity index (χ4n) is 8.05. The third kappa shape index (κ3) is 13.0. The summed E-state index contributed by atoms with van der Waals surface area (Å²) >= 11 is 0. The molecule has 0 aliphatic rings. The molecule has 3 nitrogen and oxygen atoms in total. The number of nitrogens with zero attached hydrogens (tertiary/aromatic N) is 1. The highest BCUT2D eigenvalue weighted by Gasteiger charge is 2.38. The fraction of sp³-hybridized carbons (Fsp3) is 0.275. The third-order valence-electron chi connectivity index (χ3n) is 11.7. The number of benzene rings is 6. The Morgan fingerprint density at radius 1 is 0.471 bits per heavy atom. The quantitative estimate of drug-likeness (QED) is 0.0445. The lowest BCUT2D eigenvalue weighted by Crippen LogP contribution is -2.74. The maximum atomic E-state index is 13.3. The summed E-state index contributed by atoms with van der Waals surface area (Å²) in [6, 6.07) is 30.6. The SMILES string of the molecule is CCCCN(CCCC)c1ccc([S+](C)(=O)CC(=O)c2ccccc2)cc1.FC(F)(F)c1ccc([B-](c2ccc(C(F)(F)F)cc2)(c2ccc(C(F)(F)F)cc2)c2ccc(C(F)(F)F)cc2)cc1. The molecule has 0 saturated carbocycles. The lowest BCUT2D eigenvalue weighted by molar-refractivity contribution is -0.138. The molecular formula is C51H48BF12NO2S. The van der Waals surface area contributed by atoms with Gasteiger partial charge in [0, 0.05) is 24.3 Å². The van der Waals surface area contributed by atoms with Crippen LogP contribution in [0.25, 0.3) is 0 Å². The van der Waals surface area contributed by atoms with E-state index in [1.165, 1.54) is 31.4 Å². The van der Waals surface area contributed by atoms with Gasteiger partial charge in [-0.15, -0.1) is 0 Å². The van der Waals surface area contributed by atoms with Crippen LogP contribution in [0.2, 0.25) is 0 Å². The Labute approximate surface area is 388 Å². The first-order valence-corrected chi connectivity index (χ1v) is 23.7. The highest BCUT2D eigenvalue weighted by molar-refractivity contribution is 8.03. The zero-order chi connectivity index (χ0) is 50.1. The van der Waals surface area contributed by atoms with Gasteiger partial charge in [0.2, 0.25) is 5.78 Å². The van der Waals surface area contributed by atoms with Crippen molar-refractivity contribution in [3.8, 4) is 0 Å². The van der Waals surface area contributed by atoms with Crippen LogP contribution in [0.5, 0.6) is 0 Å². The van der Waals surface area contributed by atoms with Crippen LogP contribution in [0.15, 0.2) is 157 Å². The Morgan fingerprint density at radius 2 is 0.779 bits per heavy atom.